The van der Waals surface area contributed by atoms with E-state index in [-0.39, 0.29) is 29.8 Å². The molecule has 0 bridgehead atoms. The molecular formula is C19H29NO9. The van der Waals surface area contributed by atoms with Crippen molar-refractivity contribution in [3.8, 4) is 0 Å². The van der Waals surface area contributed by atoms with E-state index in [1.165, 1.54) is 20.8 Å². The second kappa shape index (κ2) is 10.9. The van der Waals surface area contributed by atoms with Crippen LogP contribution < -0.4 is 0 Å². The molecule has 0 aliphatic carbocycles. The Morgan fingerprint density at radius 1 is 0.793 bits per heavy atom. The summed E-state index contributed by atoms with van der Waals surface area (Å²) < 4.78 is 15.5. The van der Waals surface area contributed by atoms with Gasteiger partial charge < -0.3 is 29.5 Å². The predicted molar refractivity (Wildman–Crippen MR) is 102 cm³/mol. The highest BCUT2D eigenvalue weighted by Gasteiger charge is 2.62. The number of carbonyl (C=O) groups excluding carboxylic acids is 3. The predicted octanol–water partition coefficient (Wildman–Crippen LogP) is -0.00680. The summed E-state index contributed by atoms with van der Waals surface area (Å²) in [6, 6.07) is 0. The number of ether oxygens (including phenoxy) is 3. The molecule has 10 nitrogen and oxygen atoms in total. The van der Waals surface area contributed by atoms with Gasteiger partial charge in [0.2, 0.25) is 0 Å². The maximum absolute atomic E-state index is 12.3. The van der Waals surface area contributed by atoms with Crippen LogP contribution in [0.15, 0.2) is 36.5 Å². The largest absolute Gasteiger partial charge is 0.420 e. The van der Waals surface area contributed by atoms with Crippen molar-refractivity contribution in [1.29, 1.82) is 0 Å². The number of esters is 3. The lowest BCUT2D eigenvalue weighted by molar-refractivity contribution is -0.405. The molecule has 0 spiro atoms. The van der Waals surface area contributed by atoms with Crippen LogP contribution in [0.2, 0.25) is 0 Å². The summed E-state index contributed by atoms with van der Waals surface area (Å²) in [4.78, 5) is 37.7. The minimum atomic E-state index is -2.80. The van der Waals surface area contributed by atoms with E-state index in [9.17, 15) is 29.7 Å². The second-order valence-corrected chi connectivity index (χ2v) is 6.51. The van der Waals surface area contributed by atoms with Gasteiger partial charge in [0.25, 0.3) is 0 Å². The van der Waals surface area contributed by atoms with Gasteiger partial charge in [-0.3, -0.25) is 0 Å². The highest BCUT2D eigenvalue weighted by molar-refractivity contribution is 5.89. The van der Waals surface area contributed by atoms with Gasteiger partial charge in [-0.1, -0.05) is 19.7 Å². The summed E-state index contributed by atoms with van der Waals surface area (Å²) in [5.41, 5.74) is -0.362. The van der Waals surface area contributed by atoms with Gasteiger partial charge in [0, 0.05) is 36.7 Å². The average Bonchev–Trinajstić information content (AvgIpc) is 2.59. The summed E-state index contributed by atoms with van der Waals surface area (Å²) >= 11 is 0. The Morgan fingerprint density at radius 3 is 1.38 bits per heavy atom. The van der Waals surface area contributed by atoms with Crippen molar-refractivity contribution in [3.05, 3.63) is 36.5 Å². The molecule has 0 radical (unpaired) electrons. The van der Waals surface area contributed by atoms with Crippen LogP contribution in [0.4, 0.5) is 0 Å². The van der Waals surface area contributed by atoms with Gasteiger partial charge in [-0.2, -0.15) is 0 Å². The van der Waals surface area contributed by atoms with Gasteiger partial charge in [0.1, 0.15) is 0 Å². The van der Waals surface area contributed by atoms with E-state index < -0.39 is 42.8 Å². The van der Waals surface area contributed by atoms with E-state index in [0.717, 1.165) is 11.8 Å². The van der Waals surface area contributed by atoms with Crippen molar-refractivity contribution >= 4 is 17.9 Å². The topological polar surface area (TPSA) is 143 Å². The number of hydrogen-bond acceptors (Lipinski definition) is 10. The molecule has 0 saturated heterocycles. The van der Waals surface area contributed by atoms with Gasteiger partial charge in [-0.05, 0) is 20.8 Å². The van der Waals surface area contributed by atoms with Crippen LogP contribution in [0.3, 0.4) is 0 Å². The highest BCUT2D eigenvalue weighted by Crippen LogP contribution is 2.35. The summed E-state index contributed by atoms with van der Waals surface area (Å²) in [7, 11) is 0. The number of aliphatic hydroxyl groups excluding tert-OH is 2. The molecule has 10 heteroatoms. The standard InChI is InChI=1S/C19H29NO9/c1-12(2)15(23)27-18(7,26)19(28-16(24)13(3)4,29-17(25)14(5)6)20(8-10-21)9-11-22/h21-22,26H,1,3,5,8-11H2,2,4,6-7H3. The zero-order chi connectivity index (χ0) is 23.0. The Bertz CT molecular complexity index is 647. The third-order valence-electron chi connectivity index (χ3n) is 3.54. The fraction of sp³-hybridized carbons (Fsp3) is 0.526. The lowest BCUT2D eigenvalue weighted by Crippen LogP contribution is -2.70. The third kappa shape index (κ3) is 6.79. The molecule has 1 unspecified atom stereocenters. The van der Waals surface area contributed by atoms with Crippen LogP contribution in [0.5, 0.6) is 0 Å². The molecule has 0 aliphatic rings. The Hall–Kier alpha value is -2.53. The van der Waals surface area contributed by atoms with Gasteiger partial charge >= 0.3 is 29.6 Å². The molecule has 0 heterocycles. The van der Waals surface area contributed by atoms with Gasteiger partial charge in [0.05, 0.1) is 13.2 Å². The minimum absolute atomic E-state index is 0.104. The molecule has 0 aliphatic heterocycles. The van der Waals surface area contributed by atoms with Crippen LogP contribution in [-0.2, 0) is 28.6 Å². The van der Waals surface area contributed by atoms with Crippen LogP contribution >= 0.6 is 0 Å². The molecule has 0 fully saturated rings. The van der Waals surface area contributed by atoms with E-state index in [1.54, 1.807) is 0 Å². The van der Waals surface area contributed by atoms with Gasteiger partial charge in [-0.15, -0.1) is 0 Å². The maximum Gasteiger partial charge on any atom is 0.389 e. The molecule has 0 aromatic carbocycles. The maximum atomic E-state index is 12.3. The van der Waals surface area contributed by atoms with E-state index in [0.29, 0.717) is 0 Å². The molecule has 0 amide bonds. The quantitative estimate of drug-likeness (QED) is 0.226. The van der Waals surface area contributed by atoms with Crippen LogP contribution in [0.1, 0.15) is 27.7 Å². The second-order valence-electron chi connectivity index (χ2n) is 6.51. The number of nitrogens with zero attached hydrogens (tertiary/aromatic N) is 1. The average molecular weight is 415 g/mol. The minimum Gasteiger partial charge on any atom is -0.420 e. The molecule has 3 N–H and O–H groups in total. The first kappa shape index (κ1) is 26.5. The molecule has 0 aromatic rings. The van der Waals surface area contributed by atoms with Crippen LogP contribution in [0.25, 0.3) is 0 Å². The Kier molecular flexibility index (Phi) is 9.91. The zero-order valence-electron chi connectivity index (χ0n) is 17.2. The third-order valence-corrected chi connectivity index (χ3v) is 3.54. The smallest absolute Gasteiger partial charge is 0.389 e. The SMILES string of the molecule is C=C(C)C(=O)OC(C)(O)C(OC(=O)C(=C)C)(OC(=O)C(=C)C)N(CCO)CCO. The zero-order valence-corrected chi connectivity index (χ0v) is 17.2. The Balaban J connectivity index is 6.73. The lowest BCUT2D eigenvalue weighted by Gasteiger charge is -2.47. The van der Waals surface area contributed by atoms with Crippen molar-refractivity contribution in [2.24, 2.45) is 0 Å². The Morgan fingerprint density at radius 2 is 1.10 bits per heavy atom. The summed E-state index contributed by atoms with van der Waals surface area (Å²) in [6.07, 6.45) is 0. The van der Waals surface area contributed by atoms with Crippen molar-refractivity contribution < 1.29 is 43.9 Å². The molecular weight excluding hydrogens is 386 g/mol. The normalized spacial score (nSPS) is 13.2. The molecule has 0 saturated carbocycles. The first-order valence-electron chi connectivity index (χ1n) is 8.61. The van der Waals surface area contributed by atoms with Crippen molar-refractivity contribution in [3.63, 3.8) is 0 Å². The van der Waals surface area contributed by atoms with Crippen LogP contribution in [-0.4, -0.2) is 76.1 Å². The molecule has 0 aromatic heterocycles. The number of carbonyl (C=O) groups is 3. The number of hydrogen-bond donors (Lipinski definition) is 3. The fourth-order valence-corrected chi connectivity index (χ4v) is 2.04. The first-order valence-corrected chi connectivity index (χ1v) is 8.61. The van der Waals surface area contributed by atoms with E-state index in [2.05, 4.69) is 19.7 Å². The fourth-order valence-electron chi connectivity index (χ4n) is 2.04. The molecule has 0 rings (SSSR count). The van der Waals surface area contributed by atoms with Gasteiger partial charge in [0.15, 0.2) is 0 Å². The first-order chi connectivity index (χ1) is 13.3. The van der Waals surface area contributed by atoms with Crippen LogP contribution in [0, 0.1) is 0 Å². The molecule has 29 heavy (non-hydrogen) atoms. The van der Waals surface area contributed by atoms with E-state index >= 15 is 0 Å². The van der Waals surface area contributed by atoms with Crippen molar-refractivity contribution in [2.75, 3.05) is 26.3 Å². The highest BCUT2D eigenvalue weighted by atomic mass is 16.8. The monoisotopic (exact) mass is 415 g/mol. The summed E-state index contributed by atoms with van der Waals surface area (Å²) in [6.45, 7) is 13.2. The van der Waals surface area contributed by atoms with E-state index in [1.807, 2.05) is 0 Å². The van der Waals surface area contributed by atoms with Gasteiger partial charge in [-0.25, -0.2) is 19.3 Å². The lowest BCUT2D eigenvalue weighted by atomic mass is 10.1. The number of aliphatic hydroxyl groups is 3. The molecule has 164 valence electrons. The Labute approximate surface area is 169 Å². The van der Waals surface area contributed by atoms with Crippen molar-refractivity contribution in [1.82, 2.24) is 4.90 Å². The summed E-state index contributed by atoms with van der Waals surface area (Å²) in [5.74, 6) is -8.89. The summed E-state index contributed by atoms with van der Waals surface area (Å²) in [5, 5.41) is 29.8. The molecule has 1 atom stereocenters. The van der Waals surface area contributed by atoms with Crippen molar-refractivity contribution in [2.45, 2.75) is 39.4 Å². The number of rotatable bonds is 12. The van der Waals surface area contributed by atoms with E-state index in [4.69, 9.17) is 14.2 Å².